The number of ether oxygens (including phenoxy) is 1. The van der Waals surface area contributed by atoms with Crippen molar-refractivity contribution < 1.29 is 19.4 Å². The van der Waals surface area contributed by atoms with E-state index in [0.717, 1.165) is 83.2 Å². The van der Waals surface area contributed by atoms with Crippen LogP contribution in [-0.2, 0) is 0 Å². The summed E-state index contributed by atoms with van der Waals surface area (Å²) in [5, 5.41) is 18.1. The van der Waals surface area contributed by atoms with Gasteiger partial charge >= 0.3 is 0 Å². The summed E-state index contributed by atoms with van der Waals surface area (Å²) in [6, 6.07) is 40.2. The first-order chi connectivity index (χ1) is 27.8. The van der Waals surface area contributed by atoms with Gasteiger partial charge in [0.2, 0.25) is 0 Å². The molecule has 8 aromatic rings. The summed E-state index contributed by atoms with van der Waals surface area (Å²) in [4.78, 5) is 30.3. The summed E-state index contributed by atoms with van der Waals surface area (Å²) >= 11 is 0. The normalized spacial score (nSPS) is 13.4. The highest BCUT2D eigenvalue weighted by Crippen LogP contribution is 2.47. The molecule has 1 N–H and O–H groups in total. The van der Waals surface area contributed by atoms with Gasteiger partial charge in [-0.2, -0.15) is 0 Å². The smallest absolute Gasteiger partial charge is 0.266 e. The molecule has 0 bridgehead atoms. The second-order valence-corrected chi connectivity index (χ2v) is 16.9. The summed E-state index contributed by atoms with van der Waals surface area (Å²) in [7, 11) is 0. The van der Waals surface area contributed by atoms with Crippen LogP contribution in [0.2, 0.25) is 0 Å². The minimum Gasteiger partial charge on any atom is -0.508 e. The van der Waals surface area contributed by atoms with Gasteiger partial charge in [-0.1, -0.05) is 132 Å². The van der Waals surface area contributed by atoms with Crippen LogP contribution >= 0.6 is 0 Å². The zero-order valence-corrected chi connectivity index (χ0v) is 34.7. The van der Waals surface area contributed by atoms with Crippen LogP contribution in [0.25, 0.3) is 54.2 Å². The van der Waals surface area contributed by atoms with Crippen molar-refractivity contribution in [1.29, 1.82) is 0 Å². The Labute approximate surface area is 341 Å². The van der Waals surface area contributed by atoms with Gasteiger partial charge < -0.3 is 9.84 Å². The third kappa shape index (κ3) is 6.72. The minimum atomic E-state index is -0.270. The molecule has 2 amide bonds. The van der Waals surface area contributed by atoms with Gasteiger partial charge in [0.05, 0.1) is 11.8 Å². The first-order valence-electron chi connectivity index (χ1n) is 20.5. The summed E-state index contributed by atoms with van der Waals surface area (Å²) in [6.07, 6.45) is 1.41. The first kappa shape index (κ1) is 38.7. The van der Waals surface area contributed by atoms with Crippen molar-refractivity contribution in [2.45, 2.75) is 79.8 Å². The van der Waals surface area contributed by atoms with E-state index in [0.29, 0.717) is 23.1 Å². The van der Waals surface area contributed by atoms with E-state index < -0.39 is 0 Å². The molecule has 0 fully saturated rings. The molecule has 0 aliphatic carbocycles. The topological polar surface area (TPSA) is 66.8 Å². The summed E-state index contributed by atoms with van der Waals surface area (Å²) < 4.78 is 5.78. The van der Waals surface area contributed by atoms with Crippen LogP contribution in [0, 0.1) is 12.8 Å². The van der Waals surface area contributed by atoms with Crippen molar-refractivity contribution in [3.05, 3.63) is 149 Å². The van der Waals surface area contributed by atoms with E-state index in [2.05, 4.69) is 110 Å². The second kappa shape index (κ2) is 15.3. The predicted octanol–water partition coefficient (Wildman–Crippen LogP) is 14.0. The number of amides is 2. The third-order valence-electron chi connectivity index (χ3n) is 11.6. The number of phenols is 1. The van der Waals surface area contributed by atoms with Gasteiger partial charge in [-0.15, -0.1) is 0 Å². The molecule has 292 valence electrons. The van der Waals surface area contributed by atoms with Gasteiger partial charge in [0, 0.05) is 16.5 Å². The van der Waals surface area contributed by atoms with Gasteiger partial charge in [0.1, 0.15) is 11.5 Å². The Morgan fingerprint density at radius 2 is 1.03 bits per heavy atom. The van der Waals surface area contributed by atoms with Crippen molar-refractivity contribution in [3.8, 4) is 22.6 Å². The van der Waals surface area contributed by atoms with Crippen molar-refractivity contribution in [2.24, 2.45) is 5.92 Å². The van der Waals surface area contributed by atoms with E-state index in [9.17, 15) is 14.7 Å². The number of nitrogens with zero attached hydrogens (tertiary/aromatic N) is 1. The van der Waals surface area contributed by atoms with Crippen LogP contribution in [0.1, 0.15) is 104 Å². The van der Waals surface area contributed by atoms with Crippen molar-refractivity contribution >= 4 is 60.6 Å². The molecule has 9 rings (SSSR count). The zero-order valence-electron chi connectivity index (χ0n) is 34.7. The lowest BCUT2D eigenvalue weighted by Gasteiger charge is -2.32. The fourth-order valence-corrected chi connectivity index (χ4v) is 8.92. The Hall–Kier alpha value is -6.20. The van der Waals surface area contributed by atoms with E-state index in [1.165, 1.54) is 10.5 Å². The van der Waals surface area contributed by atoms with Crippen LogP contribution in [0.5, 0.6) is 11.5 Å². The standard InChI is InChI=1S/C40H31NO3.C13H20O/c1-21(2)25-7-5-8-26(22(3)4)38(25)41-39(43)33-19-17-31-29-10-6-9-28-27(23-11-13-24(42)14-12-23)15-16-30(35(28)29)32-18-20-34(40(41)44)37(33)36(31)32;1-10(2)9-12(4)14-13-7-5-11(3)6-8-13/h5-22,42H,1-4H3;5-8,10,12H,9H2,1-4H3. The molecule has 1 heterocycles. The number of fused-ring (bicyclic) bond motifs is 2. The molecule has 5 nitrogen and oxygen atoms in total. The van der Waals surface area contributed by atoms with Crippen molar-refractivity contribution in [3.63, 3.8) is 0 Å². The zero-order chi connectivity index (χ0) is 41.0. The minimum absolute atomic E-state index is 0.143. The predicted molar refractivity (Wildman–Crippen MR) is 241 cm³/mol. The largest absolute Gasteiger partial charge is 0.508 e. The van der Waals surface area contributed by atoms with E-state index in [1.54, 1.807) is 12.1 Å². The first-order valence-corrected chi connectivity index (χ1v) is 20.5. The van der Waals surface area contributed by atoms with Crippen LogP contribution < -0.4 is 9.64 Å². The Kier molecular flexibility index (Phi) is 10.2. The molecule has 0 saturated carbocycles. The molecule has 1 aliphatic heterocycles. The van der Waals surface area contributed by atoms with Crippen LogP contribution in [0.15, 0.2) is 121 Å². The monoisotopic (exact) mass is 765 g/mol. The molecule has 0 spiro atoms. The molecule has 0 saturated heterocycles. The molecule has 8 aromatic carbocycles. The van der Waals surface area contributed by atoms with Crippen LogP contribution in [0.3, 0.4) is 0 Å². The Morgan fingerprint density at radius 1 is 0.534 bits per heavy atom. The van der Waals surface area contributed by atoms with Gasteiger partial charge in [0.15, 0.2) is 0 Å². The quantitative estimate of drug-likeness (QED) is 0.0950. The molecular weight excluding hydrogens is 715 g/mol. The van der Waals surface area contributed by atoms with E-state index in [4.69, 9.17) is 4.74 Å². The maximum atomic E-state index is 14.4. The fraction of sp³-hybridized carbons (Fsp3) is 0.245. The number of para-hydroxylation sites is 1. The highest BCUT2D eigenvalue weighted by Gasteiger charge is 2.38. The van der Waals surface area contributed by atoms with E-state index in [1.807, 2.05) is 54.6 Å². The Balaban J connectivity index is 0.000000286. The molecule has 58 heavy (non-hydrogen) atoms. The number of carbonyl (C=O) groups is 2. The Morgan fingerprint density at radius 3 is 1.59 bits per heavy atom. The maximum absolute atomic E-state index is 14.4. The van der Waals surface area contributed by atoms with E-state index in [-0.39, 0.29) is 29.4 Å². The number of imide groups is 1. The number of hydrogen-bond acceptors (Lipinski definition) is 4. The number of aryl methyl sites for hydroxylation is 1. The number of rotatable bonds is 8. The lowest BCUT2D eigenvalue weighted by Crippen LogP contribution is -2.41. The summed E-state index contributed by atoms with van der Waals surface area (Å²) in [6.45, 7) is 17.1. The van der Waals surface area contributed by atoms with Gasteiger partial charge in [-0.3, -0.25) is 9.59 Å². The highest BCUT2D eigenvalue weighted by atomic mass is 16.5. The lowest BCUT2D eigenvalue weighted by molar-refractivity contribution is 0.0893. The molecule has 1 unspecified atom stereocenters. The van der Waals surface area contributed by atoms with Crippen LogP contribution in [0.4, 0.5) is 5.69 Å². The molecule has 1 aliphatic rings. The number of anilines is 1. The second-order valence-electron chi connectivity index (χ2n) is 16.9. The SMILES string of the molecule is CC(C)c1cccc(C(C)C)c1N1C(=O)c2ccc3c4cccc5c(-c6ccc(O)cc6)ccc(c6ccc(c2c36)C1=O)c54.Cc1ccc(OC(C)CC(C)C)cc1. The number of carbonyl (C=O) groups excluding carboxylic acids is 2. The molecule has 0 aromatic heterocycles. The molecule has 1 atom stereocenters. The average Bonchev–Trinajstić information content (AvgIpc) is 3.20. The van der Waals surface area contributed by atoms with Gasteiger partial charge in [-0.05, 0) is 134 Å². The number of phenolic OH excluding ortho intramolecular Hbond substituents is 1. The average molecular weight is 766 g/mol. The maximum Gasteiger partial charge on any atom is 0.266 e. The molecule has 0 radical (unpaired) electrons. The molecular formula is C53H51NO4. The Bertz CT molecular complexity index is 2740. The third-order valence-corrected chi connectivity index (χ3v) is 11.6. The van der Waals surface area contributed by atoms with Crippen molar-refractivity contribution in [1.82, 2.24) is 0 Å². The van der Waals surface area contributed by atoms with E-state index >= 15 is 0 Å². The summed E-state index contributed by atoms with van der Waals surface area (Å²) in [5.41, 5.74) is 7.23. The highest BCUT2D eigenvalue weighted by molar-refractivity contribution is 6.42. The lowest BCUT2D eigenvalue weighted by atomic mass is 9.83. The van der Waals surface area contributed by atoms with Gasteiger partial charge in [0.25, 0.3) is 11.8 Å². The van der Waals surface area contributed by atoms with Crippen molar-refractivity contribution in [2.75, 3.05) is 4.90 Å². The fourth-order valence-electron chi connectivity index (χ4n) is 8.92. The summed E-state index contributed by atoms with van der Waals surface area (Å²) in [5.74, 6) is 1.65. The number of hydrogen-bond donors (Lipinski definition) is 1. The van der Waals surface area contributed by atoms with Crippen LogP contribution in [-0.4, -0.2) is 23.0 Å². The number of aromatic hydroxyl groups is 1. The van der Waals surface area contributed by atoms with Gasteiger partial charge in [-0.25, -0.2) is 4.90 Å². The number of benzene rings is 8. The molecule has 5 heteroatoms.